The minimum Gasteiger partial charge on any atom is -0.361 e. The average Bonchev–Trinajstić information content (AvgIpc) is 2.48. The molecule has 1 heterocycles. The summed E-state index contributed by atoms with van der Waals surface area (Å²) in [5, 5.41) is 9.14. The van der Waals surface area contributed by atoms with Crippen molar-refractivity contribution in [2.45, 2.75) is 26.7 Å². The number of thiocarbonyl (C=S) groups is 1. The van der Waals surface area contributed by atoms with Gasteiger partial charge in [0.05, 0.1) is 11.7 Å². The lowest BCUT2D eigenvalue weighted by Gasteiger charge is -2.06. The van der Waals surface area contributed by atoms with Crippen LogP contribution in [0.1, 0.15) is 30.9 Å². The molecule has 6 heteroatoms. The summed E-state index contributed by atoms with van der Waals surface area (Å²) in [5.41, 5.74) is 5.57. The van der Waals surface area contributed by atoms with Crippen molar-refractivity contribution in [2.75, 3.05) is 6.54 Å². The minimum absolute atomic E-state index is 0.425. The Bertz CT molecular complexity index is 700. The van der Waals surface area contributed by atoms with E-state index < -0.39 is 0 Å². The minimum atomic E-state index is 0.425. The highest BCUT2D eigenvalue weighted by atomic mass is 35.5. The summed E-state index contributed by atoms with van der Waals surface area (Å²) in [7, 11) is 0. The number of hydrazone groups is 1. The molecule has 0 saturated carbocycles. The number of pyridine rings is 1. The zero-order valence-electron chi connectivity index (χ0n) is 12.7. The normalized spacial score (nSPS) is 11.0. The van der Waals surface area contributed by atoms with Crippen molar-refractivity contribution in [1.29, 1.82) is 0 Å². The van der Waals surface area contributed by atoms with E-state index in [1.54, 1.807) is 6.21 Å². The highest BCUT2D eigenvalue weighted by Gasteiger charge is 2.03. The largest absolute Gasteiger partial charge is 0.361 e. The number of aromatic nitrogens is 1. The maximum absolute atomic E-state index is 6.19. The van der Waals surface area contributed by atoms with Gasteiger partial charge in [-0.2, -0.15) is 5.10 Å². The molecule has 0 aliphatic heterocycles. The molecule has 2 N–H and O–H groups in total. The van der Waals surface area contributed by atoms with E-state index in [-0.39, 0.29) is 0 Å². The number of hydrogen-bond acceptors (Lipinski definition) is 3. The molecule has 0 aliphatic carbocycles. The second kappa shape index (κ2) is 8.06. The molecular formula is C16H19ClN4S. The summed E-state index contributed by atoms with van der Waals surface area (Å²) in [6.07, 6.45) is 3.82. The number of hydrogen-bond donors (Lipinski definition) is 2. The second-order valence-electron chi connectivity index (χ2n) is 5.04. The molecule has 0 saturated heterocycles. The maximum Gasteiger partial charge on any atom is 0.186 e. The SMILES string of the molecule is CCCCNC(=S)N/N=C\c1cc2ccc(C)cc2nc1Cl. The molecule has 22 heavy (non-hydrogen) atoms. The van der Waals surface area contributed by atoms with Crippen molar-refractivity contribution in [3.63, 3.8) is 0 Å². The number of nitrogens with one attached hydrogen (secondary N) is 2. The Morgan fingerprint density at radius 2 is 2.23 bits per heavy atom. The van der Waals surface area contributed by atoms with Gasteiger partial charge in [-0.15, -0.1) is 0 Å². The number of halogens is 1. The van der Waals surface area contributed by atoms with Crippen LogP contribution in [0.2, 0.25) is 5.15 Å². The first-order valence-electron chi connectivity index (χ1n) is 7.24. The molecule has 1 aromatic heterocycles. The number of fused-ring (bicyclic) bond motifs is 1. The van der Waals surface area contributed by atoms with Crippen LogP contribution >= 0.6 is 23.8 Å². The Morgan fingerprint density at radius 3 is 3.00 bits per heavy atom. The van der Waals surface area contributed by atoms with Gasteiger partial charge in [-0.3, -0.25) is 5.43 Å². The Balaban J connectivity index is 2.04. The molecule has 0 aliphatic rings. The molecule has 0 unspecified atom stereocenters. The lowest BCUT2D eigenvalue weighted by Crippen LogP contribution is -2.32. The molecule has 0 bridgehead atoms. The molecule has 0 radical (unpaired) electrons. The third kappa shape index (κ3) is 4.64. The topological polar surface area (TPSA) is 49.3 Å². The maximum atomic E-state index is 6.19. The van der Waals surface area contributed by atoms with Crippen molar-refractivity contribution in [2.24, 2.45) is 5.10 Å². The summed E-state index contributed by atoms with van der Waals surface area (Å²) in [6.45, 7) is 5.00. The number of benzene rings is 1. The third-order valence-corrected chi connectivity index (χ3v) is 3.68. The number of nitrogens with zero attached hydrogens (tertiary/aromatic N) is 2. The van der Waals surface area contributed by atoms with E-state index in [1.165, 1.54) is 0 Å². The Kier molecular flexibility index (Phi) is 6.10. The fourth-order valence-corrected chi connectivity index (χ4v) is 2.29. The van der Waals surface area contributed by atoms with Crippen LogP contribution in [0.25, 0.3) is 10.9 Å². The molecule has 0 atom stereocenters. The van der Waals surface area contributed by atoms with Crippen LogP contribution in [-0.4, -0.2) is 22.9 Å². The van der Waals surface area contributed by atoms with E-state index in [0.29, 0.717) is 10.3 Å². The van der Waals surface area contributed by atoms with Gasteiger partial charge in [-0.05, 0) is 43.3 Å². The summed E-state index contributed by atoms with van der Waals surface area (Å²) >= 11 is 11.3. The number of rotatable bonds is 5. The summed E-state index contributed by atoms with van der Waals surface area (Å²) in [4.78, 5) is 4.39. The van der Waals surface area contributed by atoms with E-state index in [9.17, 15) is 0 Å². The molecule has 2 rings (SSSR count). The first kappa shape index (κ1) is 16.6. The van der Waals surface area contributed by atoms with Crippen molar-refractivity contribution in [3.05, 3.63) is 40.5 Å². The fourth-order valence-electron chi connectivity index (χ4n) is 1.94. The molecule has 0 spiro atoms. The monoisotopic (exact) mass is 334 g/mol. The van der Waals surface area contributed by atoms with Crippen molar-refractivity contribution in [1.82, 2.24) is 15.7 Å². The van der Waals surface area contributed by atoms with Gasteiger partial charge in [-0.1, -0.05) is 37.1 Å². The summed E-state index contributed by atoms with van der Waals surface area (Å²) < 4.78 is 0. The first-order valence-corrected chi connectivity index (χ1v) is 8.02. The molecule has 4 nitrogen and oxygen atoms in total. The van der Waals surface area contributed by atoms with Gasteiger partial charge in [0.1, 0.15) is 5.15 Å². The van der Waals surface area contributed by atoms with Crippen LogP contribution in [0.5, 0.6) is 0 Å². The zero-order valence-corrected chi connectivity index (χ0v) is 14.3. The van der Waals surface area contributed by atoms with Crippen molar-refractivity contribution < 1.29 is 0 Å². The zero-order chi connectivity index (χ0) is 15.9. The first-order chi connectivity index (χ1) is 10.6. The van der Waals surface area contributed by atoms with E-state index >= 15 is 0 Å². The van der Waals surface area contributed by atoms with Crippen LogP contribution in [0.4, 0.5) is 0 Å². The van der Waals surface area contributed by atoms with Gasteiger partial charge in [0.15, 0.2) is 5.11 Å². The molecule has 116 valence electrons. The van der Waals surface area contributed by atoms with Gasteiger partial charge in [0.2, 0.25) is 0 Å². The van der Waals surface area contributed by atoms with E-state index in [4.69, 9.17) is 23.8 Å². The third-order valence-electron chi connectivity index (χ3n) is 3.14. The molecule has 2 aromatic rings. The second-order valence-corrected chi connectivity index (χ2v) is 5.81. The van der Waals surface area contributed by atoms with Gasteiger partial charge in [0.25, 0.3) is 0 Å². The lowest BCUT2D eigenvalue weighted by molar-refractivity contribution is 0.745. The fraction of sp³-hybridized carbons (Fsp3) is 0.312. The predicted molar refractivity (Wildman–Crippen MR) is 97.7 cm³/mol. The van der Waals surface area contributed by atoms with Crippen LogP contribution in [0.15, 0.2) is 29.4 Å². The Hall–Kier alpha value is -1.72. The summed E-state index contributed by atoms with van der Waals surface area (Å²) in [5.74, 6) is 0. The quantitative estimate of drug-likeness (QED) is 0.287. The van der Waals surface area contributed by atoms with Gasteiger partial charge < -0.3 is 5.32 Å². The molecule has 1 aromatic carbocycles. The predicted octanol–water partition coefficient (Wildman–Crippen LogP) is 3.79. The highest BCUT2D eigenvalue weighted by molar-refractivity contribution is 7.80. The van der Waals surface area contributed by atoms with Crippen LogP contribution in [0.3, 0.4) is 0 Å². The van der Waals surface area contributed by atoms with Crippen LogP contribution < -0.4 is 10.7 Å². The average molecular weight is 335 g/mol. The standard InChI is InChI=1S/C16H19ClN4S/c1-3-4-7-18-16(22)21-19-10-13-9-12-6-5-11(2)8-14(12)20-15(13)17/h5-6,8-10H,3-4,7H2,1-2H3,(H2,18,21,22)/b19-10-. The van der Waals surface area contributed by atoms with E-state index in [0.717, 1.165) is 41.4 Å². The smallest absolute Gasteiger partial charge is 0.186 e. The van der Waals surface area contributed by atoms with Crippen molar-refractivity contribution in [3.8, 4) is 0 Å². The summed E-state index contributed by atoms with van der Waals surface area (Å²) in [6, 6.07) is 8.04. The number of unbranched alkanes of at least 4 members (excludes halogenated alkanes) is 1. The van der Waals surface area contributed by atoms with Crippen LogP contribution in [-0.2, 0) is 0 Å². The Labute approximate surface area is 141 Å². The lowest BCUT2D eigenvalue weighted by atomic mass is 10.1. The number of aryl methyl sites for hydroxylation is 1. The van der Waals surface area contributed by atoms with E-state index in [1.807, 2.05) is 31.2 Å². The van der Waals surface area contributed by atoms with Gasteiger partial charge in [0, 0.05) is 17.5 Å². The van der Waals surface area contributed by atoms with Crippen LogP contribution in [0, 0.1) is 6.92 Å². The van der Waals surface area contributed by atoms with Gasteiger partial charge in [-0.25, -0.2) is 4.98 Å². The van der Waals surface area contributed by atoms with Crippen molar-refractivity contribution >= 4 is 46.0 Å². The Morgan fingerprint density at radius 1 is 1.41 bits per heavy atom. The molecule has 0 fully saturated rings. The van der Waals surface area contributed by atoms with E-state index in [2.05, 4.69) is 27.8 Å². The molecular weight excluding hydrogens is 316 g/mol. The van der Waals surface area contributed by atoms with Gasteiger partial charge >= 0.3 is 0 Å². The highest BCUT2D eigenvalue weighted by Crippen LogP contribution is 2.20. The molecule has 0 amide bonds.